The van der Waals surface area contributed by atoms with Gasteiger partial charge in [-0.3, -0.25) is 14.8 Å². The van der Waals surface area contributed by atoms with Crippen molar-refractivity contribution in [3.05, 3.63) is 89.5 Å². The maximum absolute atomic E-state index is 17.7. The van der Waals surface area contributed by atoms with Crippen LogP contribution in [0.3, 0.4) is 0 Å². The number of aromatic nitrogens is 4. The number of fused-ring (bicyclic) bond motifs is 4. The molecule has 11 heteroatoms. The van der Waals surface area contributed by atoms with Gasteiger partial charge in [0, 0.05) is 47.2 Å². The quantitative estimate of drug-likeness (QED) is 0.174. The van der Waals surface area contributed by atoms with E-state index in [0.717, 1.165) is 34.1 Å². The molecule has 0 radical (unpaired) electrons. The Hall–Kier alpha value is -5.31. The van der Waals surface area contributed by atoms with Crippen molar-refractivity contribution in [3.63, 3.8) is 0 Å². The van der Waals surface area contributed by atoms with E-state index in [9.17, 15) is 14.4 Å². The maximum atomic E-state index is 17.7. The van der Waals surface area contributed by atoms with Gasteiger partial charge in [-0.25, -0.2) is 13.8 Å². The number of morpholine rings is 1. The summed E-state index contributed by atoms with van der Waals surface area (Å²) in [6.07, 6.45) is 4.68. The molecule has 52 heavy (non-hydrogen) atoms. The van der Waals surface area contributed by atoms with Crippen molar-refractivity contribution in [1.82, 2.24) is 24.4 Å². The van der Waals surface area contributed by atoms with E-state index in [2.05, 4.69) is 28.6 Å². The molecular formula is C41H39F2N7O2. The molecule has 9 nitrogen and oxygen atoms in total. The van der Waals surface area contributed by atoms with E-state index in [4.69, 9.17) is 20.4 Å². The normalized spacial score (nSPS) is 19.7. The summed E-state index contributed by atoms with van der Waals surface area (Å²) < 4.78 is 40.2. The third-order valence-corrected chi connectivity index (χ3v) is 11.0. The first kappa shape index (κ1) is 33.8. The zero-order valence-corrected chi connectivity index (χ0v) is 29.4. The lowest BCUT2D eigenvalue weighted by atomic mass is 9.70. The Morgan fingerprint density at radius 3 is 2.67 bits per heavy atom. The number of ether oxygens (including phenoxy) is 1. The fourth-order valence-corrected chi connectivity index (χ4v) is 8.47. The van der Waals surface area contributed by atoms with Crippen LogP contribution in [-0.2, 0) is 16.0 Å². The molecule has 264 valence electrons. The van der Waals surface area contributed by atoms with Gasteiger partial charge in [-0.1, -0.05) is 31.2 Å². The SMILES string of the molecule is Cc1cnc(-c2nc3c(F)c(-c4cccc5ccc(F)cc45)c(CCC#N)cc3c3c2cc([C@@H](C)N2CCOCC2=O)n3[C@H]2[C@@H](CN)C[C@@H]2C)cn1. The van der Waals surface area contributed by atoms with Gasteiger partial charge in [-0.15, -0.1) is 0 Å². The van der Waals surface area contributed by atoms with Gasteiger partial charge in [-0.2, -0.15) is 5.26 Å². The highest BCUT2D eigenvalue weighted by atomic mass is 19.1. The van der Waals surface area contributed by atoms with Crippen molar-refractivity contribution in [1.29, 1.82) is 5.26 Å². The van der Waals surface area contributed by atoms with E-state index in [-0.39, 0.29) is 60.4 Å². The van der Waals surface area contributed by atoms with Gasteiger partial charge in [0.25, 0.3) is 0 Å². The fraction of sp³-hybridized carbons (Fsp3) is 0.341. The van der Waals surface area contributed by atoms with Crippen LogP contribution in [0.1, 0.15) is 55.7 Å². The Labute approximate surface area is 300 Å². The molecule has 3 aromatic carbocycles. The number of nitrogens with zero attached hydrogens (tertiary/aromatic N) is 6. The predicted octanol–water partition coefficient (Wildman–Crippen LogP) is 7.59. The Morgan fingerprint density at radius 2 is 1.94 bits per heavy atom. The van der Waals surface area contributed by atoms with Crippen LogP contribution in [0.15, 0.2) is 60.9 Å². The molecule has 1 saturated heterocycles. The van der Waals surface area contributed by atoms with Gasteiger partial charge in [0.2, 0.25) is 5.91 Å². The Balaban J connectivity index is 1.51. The number of benzene rings is 3. The summed E-state index contributed by atoms with van der Waals surface area (Å²) >= 11 is 0. The summed E-state index contributed by atoms with van der Waals surface area (Å²) in [6, 6.07) is 15.9. The number of pyridine rings is 1. The molecule has 3 aromatic heterocycles. The van der Waals surface area contributed by atoms with Crippen molar-refractivity contribution >= 4 is 38.5 Å². The van der Waals surface area contributed by atoms with Gasteiger partial charge in [0.05, 0.1) is 36.1 Å². The molecule has 1 amide bonds. The highest BCUT2D eigenvalue weighted by Crippen LogP contribution is 2.50. The first-order valence-corrected chi connectivity index (χ1v) is 17.8. The van der Waals surface area contributed by atoms with Gasteiger partial charge >= 0.3 is 0 Å². The van der Waals surface area contributed by atoms with E-state index >= 15 is 4.39 Å². The Kier molecular flexibility index (Phi) is 8.68. The van der Waals surface area contributed by atoms with Crippen LogP contribution >= 0.6 is 0 Å². The second-order valence-electron chi connectivity index (χ2n) is 14.2. The average molecular weight is 700 g/mol. The highest BCUT2D eigenvalue weighted by molar-refractivity contribution is 6.12. The molecule has 2 fully saturated rings. The highest BCUT2D eigenvalue weighted by Gasteiger charge is 2.42. The zero-order chi connectivity index (χ0) is 36.3. The molecule has 0 spiro atoms. The molecule has 1 aliphatic carbocycles. The lowest BCUT2D eigenvalue weighted by molar-refractivity contribution is -0.145. The molecule has 6 aromatic rings. The number of nitrogens with two attached hydrogens (primary N) is 1. The number of carbonyl (C=O) groups excluding carboxylic acids is 1. The van der Waals surface area contributed by atoms with Crippen molar-refractivity contribution in [2.75, 3.05) is 26.3 Å². The van der Waals surface area contributed by atoms with Crippen molar-refractivity contribution < 1.29 is 18.3 Å². The minimum absolute atomic E-state index is 0.0127. The van der Waals surface area contributed by atoms with E-state index in [1.807, 2.05) is 36.9 Å². The molecule has 4 heterocycles. The van der Waals surface area contributed by atoms with E-state index < -0.39 is 11.6 Å². The second kappa shape index (κ2) is 13.3. The summed E-state index contributed by atoms with van der Waals surface area (Å²) in [5.74, 6) is -0.666. The third kappa shape index (κ3) is 5.49. The van der Waals surface area contributed by atoms with E-state index in [0.29, 0.717) is 53.0 Å². The molecule has 8 rings (SSSR count). The molecular weight excluding hydrogens is 660 g/mol. The van der Waals surface area contributed by atoms with Crippen LogP contribution < -0.4 is 5.73 Å². The number of hydrogen-bond donors (Lipinski definition) is 1. The number of nitriles is 1. The summed E-state index contributed by atoms with van der Waals surface area (Å²) in [7, 11) is 0. The van der Waals surface area contributed by atoms with Crippen LogP contribution in [0.4, 0.5) is 8.78 Å². The van der Waals surface area contributed by atoms with Crippen LogP contribution in [-0.4, -0.2) is 56.6 Å². The van der Waals surface area contributed by atoms with Gasteiger partial charge in [0.1, 0.15) is 29.3 Å². The zero-order valence-electron chi connectivity index (χ0n) is 29.4. The number of hydrogen-bond acceptors (Lipinski definition) is 7. The number of carbonyl (C=O) groups is 1. The predicted molar refractivity (Wildman–Crippen MR) is 196 cm³/mol. The summed E-state index contributed by atoms with van der Waals surface area (Å²) in [5, 5.41) is 12.4. The lowest BCUT2D eigenvalue weighted by Crippen LogP contribution is -2.45. The molecule has 2 aliphatic rings. The monoisotopic (exact) mass is 699 g/mol. The van der Waals surface area contributed by atoms with Crippen LogP contribution in [0.5, 0.6) is 0 Å². The van der Waals surface area contributed by atoms with E-state index in [1.165, 1.54) is 12.1 Å². The molecule has 0 unspecified atom stereocenters. The standard InChI is InChI=1S/C41H39F2N7O2/c1-22-14-27(18-45)40(22)50-34(24(3)49-12-13-52-21-35(49)51)17-32-38(33-20-46-23(2)19-47-33)48-39-31(41(32)50)15-26(7-5-11-44)36(37(39)43)29-8-4-6-25-9-10-28(42)16-30(25)29/h4,6,8-10,15-17,19-20,22,24,27,40H,5,7,12-14,18,21,45H2,1-3H3/t22-,24+,27+,40+/m0/s1. The molecule has 4 atom stereocenters. The Bertz CT molecular complexity index is 2420. The fourth-order valence-electron chi connectivity index (χ4n) is 8.47. The van der Waals surface area contributed by atoms with Gasteiger partial charge in [-0.05, 0) is 91.2 Å². The van der Waals surface area contributed by atoms with E-state index in [1.54, 1.807) is 24.5 Å². The smallest absolute Gasteiger partial charge is 0.249 e. The molecule has 2 N–H and O–H groups in total. The lowest BCUT2D eigenvalue weighted by Gasteiger charge is -2.46. The first-order valence-electron chi connectivity index (χ1n) is 17.8. The van der Waals surface area contributed by atoms with Gasteiger partial charge < -0.3 is 19.9 Å². The largest absolute Gasteiger partial charge is 0.370 e. The van der Waals surface area contributed by atoms with Crippen LogP contribution in [0.25, 0.3) is 55.1 Å². The van der Waals surface area contributed by atoms with Crippen molar-refractivity contribution in [3.8, 4) is 28.6 Å². The maximum Gasteiger partial charge on any atom is 0.249 e. The summed E-state index contributed by atoms with van der Waals surface area (Å²) in [6.45, 7) is 7.43. The summed E-state index contributed by atoms with van der Waals surface area (Å²) in [5.41, 5.74) is 11.3. The number of rotatable bonds is 8. The first-order chi connectivity index (χ1) is 25.2. The van der Waals surface area contributed by atoms with Crippen LogP contribution in [0, 0.1) is 41.7 Å². The molecule has 1 aliphatic heterocycles. The second-order valence-corrected chi connectivity index (χ2v) is 14.2. The third-order valence-electron chi connectivity index (χ3n) is 11.0. The number of amides is 1. The number of aryl methyl sites for hydroxylation is 2. The molecule has 1 saturated carbocycles. The average Bonchev–Trinajstić information content (AvgIpc) is 3.52. The minimum Gasteiger partial charge on any atom is -0.370 e. The Morgan fingerprint density at radius 1 is 1.10 bits per heavy atom. The summed E-state index contributed by atoms with van der Waals surface area (Å²) in [4.78, 5) is 29.3. The number of halogens is 2. The van der Waals surface area contributed by atoms with Crippen molar-refractivity contribution in [2.45, 2.75) is 52.1 Å². The van der Waals surface area contributed by atoms with Crippen molar-refractivity contribution in [2.24, 2.45) is 17.6 Å². The topological polar surface area (TPSA) is 123 Å². The minimum atomic E-state index is -0.562. The van der Waals surface area contributed by atoms with Gasteiger partial charge in [0.15, 0.2) is 5.82 Å². The van der Waals surface area contributed by atoms with Crippen LogP contribution in [0.2, 0.25) is 0 Å². The molecule has 0 bridgehead atoms.